The van der Waals surface area contributed by atoms with E-state index >= 15 is 0 Å². The van der Waals surface area contributed by atoms with Crippen molar-refractivity contribution < 1.29 is 4.74 Å². The Bertz CT molecular complexity index is 935. The topological polar surface area (TPSA) is 88.9 Å². The van der Waals surface area contributed by atoms with E-state index in [-0.39, 0.29) is 6.04 Å². The van der Waals surface area contributed by atoms with Crippen LogP contribution < -0.4 is 15.8 Å². The Morgan fingerprint density at radius 3 is 2.50 bits per heavy atom. The summed E-state index contributed by atoms with van der Waals surface area (Å²) in [6.45, 7) is 1.76. The number of rotatable bonds is 4. The maximum Gasteiger partial charge on any atom is 0.140 e. The predicted octanol–water partition coefficient (Wildman–Crippen LogP) is 3.33. The van der Waals surface area contributed by atoms with Crippen LogP contribution in [0.4, 0.5) is 5.82 Å². The number of nitrogen functional groups attached to an aromatic ring is 1. The minimum absolute atomic E-state index is 0.191. The number of aromatic nitrogens is 2. The molecule has 0 amide bonds. The fourth-order valence-electron chi connectivity index (χ4n) is 3.19. The summed E-state index contributed by atoms with van der Waals surface area (Å²) in [5.74, 6) is 1.94. The van der Waals surface area contributed by atoms with Gasteiger partial charge in [0.15, 0.2) is 0 Å². The zero-order valence-electron chi connectivity index (χ0n) is 14.2. The van der Waals surface area contributed by atoms with Gasteiger partial charge in [-0.15, -0.1) is 0 Å². The molecule has 0 radical (unpaired) electrons. The number of anilines is 1. The molecule has 1 fully saturated rings. The van der Waals surface area contributed by atoms with Gasteiger partial charge in [-0.25, -0.2) is 4.68 Å². The van der Waals surface area contributed by atoms with E-state index in [9.17, 15) is 5.26 Å². The highest BCUT2D eigenvalue weighted by Gasteiger charge is 2.24. The van der Waals surface area contributed by atoms with Crippen LogP contribution in [0, 0.1) is 11.3 Å². The van der Waals surface area contributed by atoms with E-state index in [0.717, 1.165) is 36.6 Å². The van der Waals surface area contributed by atoms with E-state index in [1.165, 1.54) is 0 Å². The second-order valence-corrected chi connectivity index (χ2v) is 6.25. The van der Waals surface area contributed by atoms with Crippen molar-refractivity contribution in [3.8, 4) is 28.8 Å². The van der Waals surface area contributed by atoms with Gasteiger partial charge in [-0.2, -0.15) is 10.4 Å². The van der Waals surface area contributed by atoms with E-state index in [2.05, 4.69) is 16.5 Å². The normalized spacial score (nSPS) is 16.3. The molecule has 0 aliphatic carbocycles. The predicted molar refractivity (Wildman–Crippen MR) is 99.8 cm³/mol. The summed E-state index contributed by atoms with van der Waals surface area (Å²) in [4.78, 5) is 0. The van der Waals surface area contributed by atoms with Gasteiger partial charge in [-0.1, -0.05) is 18.2 Å². The lowest BCUT2D eigenvalue weighted by Crippen LogP contribution is -2.16. The molecule has 4 rings (SSSR count). The molecule has 1 atom stereocenters. The molecule has 1 saturated heterocycles. The molecule has 3 N–H and O–H groups in total. The molecule has 0 bridgehead atoms. The van der Waals surface area contributed by atoms with E-state index < -0.39 is 0 Å². The van der Waals surface area contributed by atoms with Gasteiger partial charge >= 0.3 is 0 Å². The van der Waals surface area contributed by atoms with Crippen molar-refractivity contribution in [3.05, 3.63) is 60.2 Å². The number of para-hydroxylation sites is 1. The zero-order chi connectivity index (χ0) is 17.9. The summed E-state index contributed by atoms with van der Waals surface area (Å²) in [7, 11) is 0. The number of nitrogens with one attached hydrogen (secondary N) is 1. The average molecular weight is 345 g/mol. The molecule has 26 heavy (non-hydrogen) atoms. The summed E-state index contributed by atoms with van der Waals surface area (Å²) in [5, 5.41) is 17.5. The molecule has 130 valence electrons. The van der Waals surface area contributed by atoms with E-state index in [4.69, 9.17) is 10.5 Å². The van der Waals surface area contributed by atoms with Gasteiger partial charge in [0.1, 0.15) is 34.6 Å². The quantitative estimate of drug-likeness (QED) is 0.757. The second kappa shape index (κ2) is 6.90. The lowest BCUT2D eigenvalue weighted by atomic mass is 10.1. The molecule has 0 unspecified atom stereocenters. The molecule has 3 aromatic rings. The Hall–Kier alpha value is -3.30. The van der Waals surface area contributed by atoms with Gasteiger partial charge in [0.25, 0.3) is 0 Å². The maximum absolute atomic E-state index is 9.54. The van der Waals surface area contributed by atoms with Gasteiger partial charge in [0, 0.05) is 12.1 Å². The van der Waals surface area contributed by atoms with Gasteiger partial charge in [-0.05, 0) is 49.4 Å². The molecule has 6 nitrogen and oxygen atoms in total. The highest BCUT2D eigenvalue weighted by Crippen LogP contribution is 2.31. The third-order valence-corrected chi connectivity index (χ3v) is 4.55. The third kappa shape index (κ3) is 3.01. The lowest BCUT2D eigenvalue weighted by Gasteiger charge is -2.10. The van der Waals surface area contributed by atoms with Crippen LogP contribution in [0.25, 0.3) is 11.3 Å². The van der Waals surface area contributed by atoms with Crippen molar-refractivity contribution in [2.45, 2.75) is 12.5 Å². The van der Waals surface area contributed by atoms with Gasteiger partial charge in [0.05, 0.1) is 6.04 Å². The molecule has 2 aromatic carbocycles. The molecule has 1 aliphatic heterocycles. The molecular weight excluding hydrogens is 326 g/mol. The molecule has 2 heterocycles. The Balaban J connectivity index is 1.63. The number of nitrogens with two attached hydrogens (primary N) is 1. The maximum atomic E-state index is 9.54. The van der Waals surface area contributed by atoms with Crippen LogP contribution in [0.2, 0.25) is 0 Å². The second-order valence-electron chi connectivity index (χ2n) is 6.25. The van der Waals surface area contributed by atoms with Crippen molar-refractivity contribution >= 4 is 5.82 Å². The average Bonchev–Trinajstić information content (AvgIpc) is 3.31. The lowest BCUT2D eigenvalue weighted by molar-refractivity contribution is 0.482. The first-order valence-corrected chi connectivity index (χ1v) is 8.58. The van der Waals surface area contributed by atoms with Crippen molar-refractivity contribution in [1.29, 1.82) is 5.26 Å². The van der Waals surface area contributed by atoms with Crippen LogP contribution in [-0.4, -0.2) is 22.9 Å². The van der Waals surface area contributed by atoms with Crippen molar-refractivity contribution in [1.82, 2.24) is 15.1 Å². The zero-order valence-corrected chi connectivity index (χ0v) is 14.2. The standard InChI is InChI=1S/C20H19N5O/c21-12-18-19(24-25(20(18)22)15-10-11-23-13-15)14-6-8-17(9-7-14)26-16-4-2-1-3-5-16/h1-9,15,23H,10-11,13,22H2/t15-/m1/s1. The van der Waals surface area contributed by atoms with Gasteiger partial charge in [0.2, 0.25) is 0 Å². The number of hydrogen-bond acceptors (Lipinski definition) is 5. The number of ether oxygens (including phenoxy) is 1. The first kappa shape index (κ1) is 16.2. The Kier molecular flexibility index (Phi) is 4.30. The van der Waals surface area contributed by atoms with E-state index in [1.54, 1.807) is 4.68 Å². The molecule has 1 aromatic heterocycles. The Morgan fingerprint density at radius 2 is 1.85 bits per heavy atom. The first-order valence-electron chi connectivity index (χ1n) is 8.58. The number of benzene rings is 2. The van der Waals surface area contributed by atoms with Crippen LogP contribution in [0.5, 0.6) is 11.5 Å². The number of nitrogens with zero attached hydrogens (tertiary/aromatic N) is 3. The minimum atomic E-state index is 0.191. The van der Waals surface area contributed by atoms with Crippen LogP contribution in [0.1, 0.15) is 18.0 Å². The minimum Gasteiger partial charge on any atom is -0.457 e. The largest absolute Gasteiger partial charge is 0.457 e. The Morgan fingerprint density at radius 1 is 1.12 bits per heavy atom. The summed E-state index contributed by atoms with van der Waals surface area (Å²) in [6, 6.07) is 19.5. The fraction of sp³-hybridized carbons (Fsp3) is 0.200. The highest BCUT2D eigenvalue weighted by molar-refractivity contribution is 5.73. The smallest absolute Gasteiger partial charge is 0.140 e. The van der Waals surface area contributed by atoms with E-state index in [0.29, 0.717) is 17.1 Å². The molecular formula is C20H19N5O. The first-order chi connectivity index (χ1) is 12.8. The van der Waals surface area contributed by atoms with Gasteiger partial charge < -0.3 is 15.8 Å². The molecule has 0 saturated carbocycles. The van der Waals surface area contributed by atoms with Gasteiger partial charge in [-0.3, -0.25) is 0 Å². The number of nitriles is 1. The molecule has 6 heteroatoms. The van der Waals surface area contributed by atoms with Crippen LogP contribution in [-0.2, 0) is 0 Å². The van der Waals surface area contributed by atoms with Crippen molar-refractivity contribution in [2.75, 3.05) is 18.8 Å². The van der Waals surface area contributed by atoms with Crippen molar-refractivity contribution in [2.24, 2.45) is 0 Å². The molecule has 1 aliphatic rings. The summed E-state index contributed by atoms with van der Waals surface area (Å²) in [6.07, 6.45) is 0.958. The van der Waals surface area contributed by atoms with Crippen LogP contribution in [0.15, 0.2) is 54.6 Å². The highest BCUT2D eigenvalue weighted by atomic mass is 16.5. The van der Waals surface area contributed by atoms with Crippen LogP contribution in [0.3, 0.4) is 0 Å². The van der Waals surface area contributed by atoms with E-state index in [1.807, 2.05) is 54.6 Å². The molecule has 0 spiro atoms. The summed E-state index contributed by atoms with van der Waals surface area (Å²) < 4.78 is 7.59. The summed E-state index contributed by atoms with van der Waals surface area (Å²) >= 11 is 0. The monoisotopic (exact) mass is 345 g/mol. The SMILES string of the molecule is N#Cc1c(-c2ccc(Oc3ccccc3)cc2)nn([C@@H]2CCNC2)c1N. The summed E-state index contributed by atoms with van der Waals surface area (Å²) in [5.41, 5.74) is 8.07. The Labute approximate surface area is 151 Å². The van der Waals surface area contributed by atoms with Crippen molar-refractivity contribution in [3.63, 3.8) is 0 Å². The third-order valence-electron chi connectivity index (χ3n) is 4.55. The van der Waals surface area contributed by atoms with Crippen LogP contribution >= 0.6 is 0 Å². The number of hydrogen-bond donors (Lipinski definition) is 2. The fourth-order valence-corrected chi connectivity index (χ4v) is 3.19.